The number of ketones is 1. The quantitative estimate of drug-likeness (QED) is 0.0470. The van der Waals surface area contributed by atoms with Crippen LogP contribution in [0.1, 0.15) is 17.5 Å². The number of Topliss-reactive ketones (excluding diaryl/α,β-unsaturated/α-hetero) is 1. The summed E-state index contributed by atoms with van der Waals surface area (Å²) in [6.07, 6.45) is -1.48. The Labute approximate surface area is 284 Å². The number of esters is 2. The maximum atomic E-state index is 11.8. The summed E-state index contributed by atoms with van der Waals surface area (Å²) < 4.78 is 19.3. The number of amides is 2. The van der Waals surface area contributed by atoms with Gasteiger partial charge in [0, 0.05) is 0 Å². The Morgan fingerprint density at radius 1 is 0.804 bits per heavy atom. The molecule has 0 saturated carbocycles. The molecule has 0 unspecified atom stereocenters. The first kappa shape index (κ1) is 39.2. The van der Waals surface area contributed by atoms with Gasteiger partial charge in [0.05, 0.1) is 26.2 Å². The van der Waals surface area contributed by atoms with Gasteiger partial charge in [-0.15, -0.1) is 10.2 Å². The van der Waals surface area contributed by atoms with E-state index >= 15 is 0 Å². The Morgan fingerprint density at radius 3 is 1.70 bits per heavy atom. The van der Waals surface area contributed by atoms with Gasteiger partial charge in [0.1, 0.15) is 38.6 Å². The largest absolute Gasteiger partial charge is 1.00 e. The molecule has 46 heavy (non-hydrogen) atoms. The van der Waals surface area contributed by atoms with Gasteiger partial charge in [0.15, 0.2) is 5.78 Å². The zero-order chi connectivity index (χ0) is 33.0. The number of cyclic esters (lactones) is 2. The van der Waals surface area contributed by atoms with Gasteiger partial charge in [-0.2, -0.15) is 0 Å². The number of benzene rings is 2. The summed E-state index contributed by atoms with van der Waals surface area (Å²) in [6.45, 7) is 0.743. The van der Waals surface area contributed by atoms with Crippen LogP contribution in [0.2, 0.25) is 0 Å². The van der Waals surface area contributed by atoms with Crippen LogP contribution in [0.4, 0.5) is 9.59 Å². The minimum atomic E-state index is -1.05. The van der Waals surface area contributed by atoms with E-state index in [1.165, 1.54) is 4.90 Å². The molecule has 4 rings (SSSR count). The van der Waals surface area contributed by atoms with Gasteiger partial charge in [-0.3, -0.25) is 19.4 Å². The topological polar surface area (TPSA) is 231 Å². The van der Waals surface area contributed by atoms with Crippen LogP contribution in [0, 0.1) is 15.0 Å². The maximum absolute atomic E-state index is 11.8. The van der Waals surface area contributed by atoms with Crippen molar-refractivity contribution in [3.63, 3.8) is 0 Å². The van der Waals surface area contributed by atoms with E-state index in [-0.39, 0.29) is 87.8 Å². The number of hydrogen-bond donors (Lipinski definition) is 1. The van der Waals surface area contributed by atoms with Crippen LogP contribution in [-0.2, 0) is 46.5 Å². The maximum Gasteiger partial charge on any atom is 1.00 e. The van der Waals surface area contributed by atoms with Crippen LogP contribution in [0.25, 0.3) is 0 Å². The Kier molecular flexibility index (Phi) is 18.5. The number of nitroso groups, excluding NO2 is 1. The van der Waals surface area contributed by atoms with Gasteiger partial charge < -0.3 is 34.2 Å². The smallest absolute Gasteiger partial charge is 0.508 e. The van der Waals surface area contributed by atoms with Crippen molar-refractivity contribution in [3.8, 4) is 0 Å². The number of nitrogens with zero attached hydrogens (tertiary/aromatic N) is 4. The van der Waals surface area contributed by atoms with E-state index in [0.717, 1.165) is 21.4 Å². The average Bonchev–Trinajstić information content (AvgIpc) is 3.63. The van der Waals surface area contributed by atoms with Gasteiger partial charge in [0.25, 0.3) is 0 Å². The molecule has 0 spiro atoms. The number of carbonyl (C=O) groups is 5. The molecular weight excluding hydrogens is 623 g/mol. The fourth-order valence-electron chi connectivity index (χ4n) is 3.61. The first-order valence-electron chi connectivity index (χ1n) is 13.1. The Hall–Kier alpha value is -4.87. The summed E-state index contributed by atoms with van der Waals surface area (Å²) >= 11 is 0. The Bertz CT molecular complexity index is 1360. The molecule has 0 aromatic heterocycles. The predicted molar refractivity (Wildman–Crippen MR) is 153 cm³/mol. The van der Waals surface area contributed by atoms with Gasteiger partial charge in [0.2, 0.25) is 5.70 Å². The summed E-state index contributed by atoms with van der Waals surface area (Å²) in [4.78, 5) is 78.4. The molecule has 1 N–H and O–H groups in total. The van der Waals surface area contributed by atoms with Crippen molar-refractivity contribution >= 4 is 29.9 Å². The van der Waals surface area contributed by atoms with Crippen molar-refractivity contribution in [3.05, 3.63) is 98.3 Å². The molecular formula is C28H29N4NaO13. The number of hydrogen-bond acceptors (Lipinski definition) is 15. The third kappa shape index (κ3) is 14.3. The van der Waals surface area contributed by atoms with Crippen LogP contribution < -0.4 is 29.6 Å². The first-order chi connectivity index (χ1) is 21.7. The van der Waals surface area contributed by atoms with Crippen LogP contribution in [-0.4, -0.2) is 84.2 Å². The summed E-state index contributed by atoms with van der Waals surface area (Å²) in [5, 5.41) is 21.3. The second kappa shape index (κ2) is 21.8. The van der Waals surface area contributed by atoms with Crippen LogP contribution in [0.3, 0.4) is 0 Å². The van der Waals surface area contributed by atoms with E-state index in [4.69, 9.17) is 24.3 Å². The molecule has 2 fully saturated rings. The summed E-state index contributed by atoms with van der Waals surface area (Å²) in [7, 11) is 0. The summed E-state index contributed by atoms with van der Waals surface area (Å²) in [6, 6.07) is 18.0. The second-order valence-electron chi connectivity index (χ2n) is 8.96. The molecule has 2 aliphatic heterocycles. The van der Waals surface area contributed by atoms with Gasteiger partial charge >= 0.3 is 53.7 Å². The number of aliphatic hydroxyl groups excluding tert-OH is 1. The fraction of sp³-hybridized carbons (Fsp3) is 0.321. The fourth-order valence-corrected chi connectivity index (χ4v) is 3.61. The molecule has 2 heterocycles. The predicted octanol–water partition coefficient (Wildman–Crippen LogP) is 0.114. The van der Waals surface area contributed by atoms with Gasteiger partial charge in [-0.05, 0) is 16.3 Å². The van der Waals surface area contributed by atoms with Crippen LogP contribution in [0.5, 0.6) is 0 Å². The van der Waals surface area contributed by atoms with Gasteiger partial charge in [-0.25, -0.2) is 14.4 Å². The summed E-state index contributed by atoms with van der Waals surface area (Å²) in [5.74, 6) is -2.64. The van der Waals surface area contributed by atoms with Crippen molar-refractivity contribution in [1.82, 2.24) is 9.80 Å². The third-order valence-corrected chi connectivity index (χ3v) is 5.75. The molecule has 2 aliphatic rings. The minimum absolute atomic E-state index is 0. The molecule has 240 valence electrons. The Morgan fingerprint density at radius 2 is 1.26 bits per heavy atom. The number of aliphatic hydroxyl groups is 1. The van der Waals surface area contributed by atoms with Crippen molar-refractivity contribution in [2.75, 3.05) is 39.4 Å². The molecule has 2 amide bonds. The van der Waals surface area contributed by atoms with E-state index in [0.29, 0.717) is 6.54 Å². The normalized spacial score (nSPS) is 13.6. The van der Waals surface area contributed by atoms with E-state index in [1.807, 2.05) is 36.4 Å². The average molecular weight is 653 g/mol. The van der Waals surface area contributed by atoms with E-state index in [1.54, 1.807) is 24.3 Å². The molecule has 0 bridgehead atoms. The zero-order valence-corrected chi connectivity index (χ0v) is 26.8. The zero-order valence-electron chi connectivity index (χ0n) is 24.8. The third-order valence-electron chi connectivity index (χ3n) is 5.75. The molecule has 17 nitrogen and oxygen atoms in total. The van der Waals surface area contributed by atoms with E-state index < -0.39 is 35.6 Å². The second-order valence-corrected chi connectivity index (χ2v) is 8.96. The molecule has 2 aromatic carbocycles. The molecule has 2 aromatic rings. The monoisotopic (exact) mass is 652 g/mol. The van der Waals surface area contributed by atoms with E-state index in [9.17, 15) is 34.0 Å². The van der Waals surface area contributed by atoms with Crippen molar-refractivity contribution < 1.29 is 77.6 Å². The SMILES string of the molecule is O=C(CC(=O)OCc1ccccc1)CN1CCOC1=O.O=NC(C(=O)OCc1ccccc1)=C(O)CN1CCOC1=O.O=N[O-].[Na+]. The van der Waals surface area contributed by atoms with Gasteiger partial charge in [-0.1, -0.05) is 60.7 Å². The number of rotatable bonds is 12. The molecule has 0 atom stereocenters. The van der Waals surface area contributed by atoms with Crippen LogP contribution >= 0.6 is 0 Å². The summed E-state index contributed by atoms with van der Waals surface area (Å²) in [5.41, 5.74) is 0.829. The Balaban J connectivity index is 0.000000417. The molecule has 2 saturated heterocycles. The molecule has 0 radical (unpaired) electrons. The number of carbonyl (C=O) groups excluding carboxylic acids is 5. The minimum Gasteiger partial charge on any atom is -0.508 e. The molecule has 18 heteroatoms. The number of ether oxygens (including phenoxy) is 4. The van der Waals surface area contributed by atoms with Crippen molar-refractivity contribution in [2.24, 2.45) is 10.5 Å². The van der Waals surface area contributed by atoms with Crippen LogP contribution in [0.15, 0.2) is 82.6 Å². The van der Waals surface area contributed by atoms with Crippen molar-refractivity contribution in [1.29, 1.82) is 0 Å². The first-order valence-corrected chi connectivity index (χ1v) is 13.1. The van der Waals surface area contributed by atoms with Crippen molar-refractivity contribution in [2.45, 2.75) is 19.6 Å². The van der Waals surface area contributed by atoms with E-state index in [2.05, 4.69) is 9.91 Å². The molecule has 0 aliphatic carbocycles. The standard InChI is InChI=1S/C14H14N2O6.C14H15NO5.HNO2.Na/c17-11(8-16-6-7-21-14(16)19)12(15-20)13(18)22-9-10-4-2-1-3-5-10;16-12(9-15-6-7-19-14(15)18)8-13(17)20-10-11-4-2-1-3-5-11;2-1-3;/h1-5,17H,6-9H2;1-5H,6-10H2;(H,2,3);/q;;;+1/p-1.